The molecule has 0 saturated carbocycles. The Labute approximate surface area is 142 Å². The monoisotopic (exact) mass is 346 g/mol. The minimum atomic E-state index is -1.15. The number of hydrogen-bond acceptors (Lipinski definition) is 5. The highest BCUT2D eigenvalue weighted by Gasteiger charge is 2.31. The molecular weight excluding hydrogens is 331 g/mol. The third-order valence-corrected chi connectivity index (χ3v) is 4.69. The molecule has 0 spiro atoms. The molecule has 0 fully saturated rings. The van der Waals surface area contributed by atoms with Crippen LogP contribution in [-0.2, 0) is 5.54 Å². The molecular formula is C16H15FN4O2S. The summed E-state index contributed by atoms with van der Waals surface area (Å²) in [7, 11) is 0. The smallest absolute Gasteiger partial charge is 0.410 e. The predicted octanol–water partition coefficient (Wildman–Crippen LogP) is 3.26. The van der Waals surface area contributed by atoms with Gasteiger partial charge in [0.25, 0.3) is 0 Å². The van der Waals surface area contributed by atoms with E-state index in [2.05, 4.69) is 20.3 Å². The summed E-state index contributed by atoms with van der Waals surface area (Å²) in [6, 6.07) is 4.76. The fourth-order valence-corrected chi connectivity index (χ4v) is 3.64. The van der Waals surface area contributed by atoms with Crippen LogP contribution < -0.4 is 5.32 Å². The molecule has 1 aromatic carbocycles. The van der Waals surface area contributed by atoms with Gasteiger partial charge in [0, 0.05) is 23.7 Å². The van der Waals surface area contributed by atoms with Gasteiger partial charge in [-0.2, -0.15) is 0 Å². The van der Waals surface area contributed by atoms with Crippen LogP contribution in [0.5, 0.6) is 0 Å². The number of nitrogens with zero attached hydrogens (tertiary/aromatic N) is 3. The second-order valence-corrected chi connectivity index (χ2v) is 6.59. The molecule has 1 aliphatic rings. The van der Waals surface area contributed by atoms with Gasteiger partial charge >= 0.3 is 6.09 Å². The maximum absolute atomic E-state index is 14.2. The van der Waals surface area contributed by atoms with E-state index in [1.807, 2.05) is 6.92 Å². The molecule has 8 heteroatoms. The first-order valence-electron chi connectivity index (χ1n) is 7.27. The van der Waals surface area contributed by atoms with Crippen molar-refractivity contribution in [1.29, 1.82) is 0 Å². The predicted molar refractivity (Wildman–Crippen MR) is 90.4 cm³/mol. The molecule has 2 N–H and O–H groups in total. The highest BCUT2D eigenvalue weighted by molar-refractivity contribution is 8.13. The summed E-state index contributed by atoms with van der Waals surface area (Å²) < 4.78 is 14.2. The summed E-state index contributed by atoms with van der Waals surface area (Å²) in [5.74, 6) is 0.328. The molecule has 124 valence electrons. The van der Waals surface area contributed by atoms with Crippen molar-refractivity contribution in [3.05, 3.63) is 48.2 Å². The van der Waals surface area contributed by atoms with Crippen molar-refractivity contribution >= 4 is 23.0 Å². The second kappa shape index (κ2) is 6.56. The number of carbonyl (C=O) groups is 1. The van der Waals surface area contributed by atoms with E-state index in [0.717, 1.165) is 5.56 Å². The molecule has 2 aromatic rings. The number of amidine groups is 1. The lowest BCUT2D eigenvalue weighted by molar-refractivity contribution is 0.200. The molecule has 6 nitrogen and oxygen atoms in total. The lowest BCUT2D eigenvalue weighted by atomic mass is 9.88. The molecule has 0 bridgehead atoms. The van der Waals surface area contributed by atoms with E-state index in [0.29, 0.717) is 28.6 Å². The van der Waals surface area contributed by atoms with E-state index in [-0.39, 0.29) is 5.82 Å². The van der Waals surface area contributed by atoms with Crippen molar-refractivity contribution < 1.29 is 14.3 Å². The maximum atomic E-state index is 14.2. The van der Waals surface area contributed by atoms with Crippen molar-refractivity contribution in [2.24, 2.45) is 4.99 Å². The van der Waals surface area contributed by atoms with E-state index in [1.54, 1.807) is 12.1 Å². The van der Waals surface area contributed by atoms with Gasteiger partial charge < -0.3 is 5.11 Å². The van der Waals surface area contributed by atoms with E-state index in [4.69, 9.17) is 5.11 Å². The van der Waals surface area contributed by atoms with Crippen LogP contribution in [0.1, 0.15) is 18.9 Å². The molecule has 1 atom stereocenters. The first kappa shape index (κ1) is 16.4. The summed E-state index contributed by atoms with van der Waals surface area (Å²) in [4.78, 5) is 23.5. The number of halogens is 1. The summed E-state index contributed by atoms with van der Waals surface area (Å²) in [5, 5.41) is 11.5. The number of aliphatic imine (C=N–C) groups is 1. The minimum absolute atomic E-state index is 0.349. The van der Waals surface area contributed by atoms with Crippen LogP contribution in [0, 0.1) is 5.82 Å². The molecule has 3 rings (SSSR count). The number of hydrogen-bond donors (Lipinski definition) is 2. The number of rotatable bonds is 2. The topological polar surface area (TPSA) is 87.5 Å². The van der Waals surface area contributed by atoms with Crippen molar-refractivity contribution in [3.8, 4) is 11.3 Å². The van der Waals surface area contributed by atoms with Gasteiger partial charge in [0.1, 0.15) is 5.82 Å². The Morgan fingerprint density at radius 2 is 2.25 bits per heavy atom. The molecule has 1 amide bonds. The van der Waals surface area contributed by atoms with Gasteiger partial charge in [-0.1, -0.05) is 17.8 Å². The SMILES string of the molecule is CC1(c2ccc(F)c(-c3cnccn3)c2)CCSC(NC(=O)O)=N1. The Morgan fingerprint density at radius 3 is 2.96 bits per heavy atom. The number of aromatic nitrogens is 2. The van der Waals surface area contributed by atoms with Gasteiger partial charge in [-0.25, -0.2) is 9.18 Å². The average molecular weight is 346 g/mol. The Morgan fingerprint density at radius 1 is 1.42 bits per heavy atom. The number of nitrogens with one attached hydrogen (secondary N) is 1. The summed E-state index contributed by atoms with van der Waals surface area (Å²) >= 11 is 1.35. The van der Waals surface area contributed by atoms with Crippen molar-refractivity contribution in [1.82, 2.24) is 15.3 Å². The van der Waals surface area contributed by atoms with Crippen molar-refractivity contribution in [3.63, 3.8) is 0 Å². The van der Waals surface area contributed by atoms with Gasteiger partial charge in [-0.05, 0) is 31.0 Å². The zero-order valence-corrected chi connectivity index (χ0v) is 13.7. The fourth-order valence-electron chi connectivity index (χ4n) is 2.52. The number of amides is 1. The second-order valence-electron chi connectivity index (χ2n) is 5.50. The fraction of sp³-hybridized carbons (Fsp3) is 0.250. The molecule has 1 aliphatic heterocycles. The number of carboxylic acid groups (broad SMARTS) is 1. The molecule has 1 unspecified atom stereocenters. The Hall–Kier alpha value is -2.48. The normalized spacial score (nSPS) is 20.3. The molecule has 0 radical (unpaired) electrons. The summed E-state index contributed by atoms with van der Waals surface area (Å²) in [6.45, 7) is 1.91. The Balaban J connectivity index is 2.01. The van der Waals surface area contributed by atoms with Crippen LogP contribution in [0.15, 0.2) is 41.8 Å². The zero-order valence-electron chi connectivity index (χ0n) is 12.9. The third kappa shape index (κ3) is 3.38. The van der Waals surface area contributed by atoms with Gasteiger partial charge in [0.15, 0.2) is 5.17 Å². The Kier molecular flexibility index (Phi) is 4.48. The minimum Gasteiger partial charge on any atom is -0.465 e. The maximum Gasteiger partial charge on any atom is 0.410 e. The molecule has 0 aliphatic carbocycles. The largest absolute Gasteiger partial charge is 0.465 e. The Bertz CT molecular complexity index is 800. The number of benzene rings is 1. The van der Waals surface area contributed by atoms with Crippen LogP contribution in [0.3, 0.4) is 0 Å². The summed E-state index contributed by atoms with van der Waals surface area (Å²) in [6.07, 6.45) is 4.10. The van der Waals surface area contributed by atoms with Crippen molar-refractivity contribution in [2.75, 3.05) is 5.75 Å². The molecule has 24 heavy (non-hydrogen) atoms. The number of thioether (sulfide) groups is 1. The van der Waals surface area contributed by atoms with E-state index in [9.17, 15) is 9.18 Å². The van der Waals surface area contributed by atoms with E-state index in [1.165, 1.54) is 36.4 Å². The van der Waals surface area contributed by atoms with Gasteiger partial charge in [-0.3, -0.25) is 20.3 Å². The molecule has 2 heterocycles. The quantitative estimate of drug-likeness (QED) is 0.871. The van der Waals surface area contributed by atoms with Crippen LogP contribution in [0.4, 0.5) is 9.18 Å². The first-order valence-corrected chi connectivity index (χ1v) is 8.25. The van der Waals surface area contributed by atoms with Gasteiger partial charge in [0.05, 0.1) is 17.4 Å². The van der Waals surface area contributed by atoms with Crippen LogP contribution in [-0.4, -0.2) is 32.1 Å². The van der Waals surface area contributed by atoms with Crippen LogP contribution >= 0.6 is 11.8 Å². The van der Waals surface area contributed by atoms with Crippen LogP contribution in [0.2, 0.25) is 0 Å². The van der Waals surface area contributed by atoms with Gasteiger partial charge in [-0.15, -0.1) is 0 Å². The molecule has 1 aromatic heterocycles. The van der Waals surface area contributed by atoms with Crippen LogP contribution in [0.25, 0.3) is 11.3 Å². The van der Waals surface area contributed by atoms with Gasteiger partial charge in [0.2, 0.25) is 0 Å². The lowest BCUT2D eigenvalue weighted by Gasteiger charge is -2.30. The van der Waals surface area contributed by atoms with E-state index < -0.39 is 11.6 Å². The first-order chi connectivity index (χ1) is 11.5. The summed E-state index contributed by atoms with van der Waals surface area (Å²) in [5.41, 5.74) is 0.962. The van der Waals surface area contributed by atoms with Crippen molar-refractivity contribution in [2.45, 2.75) is 18.9 Å². The zero-order chi connectivity index (χ0) is 17.2. The van der Waals surface area contributed by atoms with E-state index >= 15 is 0 Å². The highest BCUT2D eigenvalue weighted by Crippen LogP contribution is 2.37. The average Bonchev–Trinajstić information content (AvgIpc) is 2.55. The standard InChI is InChI=1S/C16H15FN4O2S/c1-16(4-7-24-14(21-16)20-15(22)23)10-2-3-12(17)11(8-10)13-9-18-5-6-19-13/h2-3,5-6,8-9H,4,7H2,1H3,(H,20,21)(H,22,23). The highest BCUT2D eigenvalue weighted by atomic mass is 32.2. The lowest BCUT2D eigenvalue weighted by Crippen LogP contribution is -2.34. The third-order valence-electron chi connectivity index (χ3n) is 3.82. The molecule has 0 saturated heterocycles.